The molecule has 20 heavy (non-hydrogen) atoms. The molecular formula is C12H17Cl2N3O2S. The third-order valence-electron chi connectivity index (χ3n) is 3.35. The summed E-state index contributed by atoms with van der Waals surface area (Å²) < 4.78 is 27.5. The highest BCUT2D eigenvalue weighted by Gasteiger charge is 2.27. The molecule has 1 fully saturated rings. The number of hydrogen-bond donors (Lipinski definition) is 2. The fourth-order valence-electron chi connectivity index (χ4n) is 2.27. The molecule has 1 aliphatic rings. The molecule has 112 valence electrons. The first-order chi connectivity index (χ1) is 9.29. The molecule has 1 heterocycles. The van der Waals surface area contributed by atoms with Gasteiger partial charge in [0.2, 0.25) is 10.0 Å². The van der Waals surface area contributed by atoms with Gasteiger partial charge in [-0.15, -0.1) is 0 Å². The monoisotopic (exact) mass is 337 g/mol. The maximum absolute atomic E-state index is 12.4. The van der Waals surface area contributed by atoms with Crippen molar-refractivity contribution in [1.29, 1.82) is 0 Å². The molecule has 2 rings (SSSR count). The third kappa shape index (κ3) is 3.56. The number of hydrogen-bond acceptors (Lipinski definition) is 4. The average Bonchev–Trinajstić information content (AvgIpc) is 2.30. The highest BCUT2D eigenvalue weighted by atomic mass is 35.5. The van der Waals surface area contributed by atoms with E-state index in [0.29, 0.717) is 5.02 Å². The van der Waals surface area contributed by atoms with E-state index in [4.69, 9.17) is 28.9 Å². The maximum atomic E-state index is 12.4. The van der Waals surface area contributed by atoms with E-state index in [1.165, 1.54) is 12.1 Å². The van der Waals surface area contributed by atoms with E-state index in [1.807, 2.05) is 7.05 Å². The number of likely N-dealkylation sites (tertiary alicyclic amines) is 1. The van der Waals surface area contributed by atoms with Gasteiger partial charge in [-0.25, -0.2) is 13.1 Å². The topological polar surface area (TPSA) is 75.4 Å². The molecule has 1 aromatic carbocycles. The third-order valence-corrected chi connectivity index (χ3v) is 5.61. The number of nitrogens with one attached hydrogen (secondary N) is 1. The molecule has 5 nitrogen and oxygen atoms in total. The van der Waals surface area contributed by atoms with Crippen LogP contribution in [0, 0.1) is 0 Å². The molecule has 0 saturated carbocycles. The summed E-state index contributed by atoms with van der Waals surface area (Å²) in [6.45, 7) is 1.72. The van der Waals surface area contributed by atoms with Crippen molar-refractivity contribution >= 4 is 38.9 Å². The summed E-state index contributed by atoms with van der Waals surface area (Å²) in [4.78, 5) is 2.07. The molecular weight excluding hydrogens is 321 g/mol. The van der Waals surface area contributed by atoms with Gasteiger partial charge in [0.15, 0.2) is 0 Å². The van der Waals surface area contributed by atoms with Crippen molar-refractivity contribution in [3.8, 4) is 0 Å². The molecule has 0 radical (unpaired) electrons. The summed E-state index contributed by atoms with van der Waals surface area (Å²) in [5.41, 5.74) is 5.80. The molecule has 0 aliphatic carbocycles. The lowest BCUT2D eigenvalue weighted by molar-refractivity contribution is 0.248. The zero-order valence-electron chi connectivity index (χ0n) is 11.1. The maximum Gasteiger partial charge on any atom is 0.244 e. The van der Waals surface area contributed by atoms with Crippen LogP contribution in [0.25, 0.3) is 0 Å². The smallest absolute Gasteiger partial charge is 0.244 e. The van der Waals surface area contributed by atoms with E-state index in [9.17, 15) is 8.42 Å². The molecule has 1 aromatic rings. The summed E-state index contributed by atoms with van der Waals surface area (Å²) in [6.07, 6.45) is 1.53. The quantitative estimate of drug-likeness (QED) is 0.826. The Bertz CT molecular complexity index is 576. The van der Waals surface area contributed by atoms with Crippen molar-refractivity contribution in [2.75, 3.05) is 25.9 Å². The molecule has 1 saturated heterocycles. The Morgan fingerprint density at radius 2 is 1.90 bits per heavy atom. The van der Waals surface area contributed by atoms with Crippen LogP contribution in [-0.2, 0) is 10.0 Å². The van der Waals surface area contributed by atoms with Gasteiger partial charge >= 0.3 is 0 Å². The average molecular weight is 338 g/mol. The highest BCUT2D eigenvalue weighted by molar-refractivity contribution is 7.89. The number of piperidine rings is 1. The Hall–Kier alpha value is -0.530. The Labute approximate surface area is 129 Å². The Morgan fingerprint density at radius 1 is 1.30 bits per heavy atom. The Balaban J connectivity index is 2.23. The van der Waals surface area contributed by atoms with Crippen LogP contribution in [0.4, 0.5) is 5.69 Å². The van der Waals surface area contributed by atoms with Crippen LogP contribution < -0.4 is 10.5 Å². The van der Waals surface area contributed by atoms with E-state index in [0.717, 1.165) is 25.9 Å². The van der Waals surface area contributed by atoms with Crippen molar-refractivity contribution in [2.24, 2.45) is 0 Å². The number of nitrogen functional groups attached to an aromatic ring is 1. The first-order valence-corrected chi connectivity index (χ1v) is 8.49. The highest BCUT2D eigenvalue weighted by Crippen LogP contribution is 2.31. The van der Waals surface area contributed by atoms with E-state index < -0.39 is 10.0 Å². The van der Waals surface area contributed by atoms with Gasteiger partial charge in [0.1, 0.15) is 4.90 Å². The van der Waals surface area contributed by atoms with E-state index in [2.05, 4.69) is 9.62 Å². The largest absolute Gasteiger partial charge is 0.398 e. The number of anilines is 1. The number of nitrogens with zero attached hydrogens (tertiary/aromatic N) is 1. The lowest BCUT2D eigenvalue weighted by Crippen LogP contribution is -2.43. The zero-order valence-corrected chi connectivity index (χ0v) is 13.4. The van der Waals surface area contributed by atoms with E-state index >= 15 is 0 Å². The summed E-state index contributed by atoms with van der Waals surface area (Å²) in [7, 11) is -1.73. The second-order valence-electron chi connectivity index (χ2n) is 5.00. The van der Waals surface area contributed by atoms with Crippen molar-refractivity contribution in [2.45, 2.75) is 23.8 Å². The molecule has 0 amide bonds. The molecule has 0 spiro atoms. The van der Waals surface area contributed by atoms with Crippen molar-refractivity contribution in [3.63, 3.8) is 0 Å². The van der Waals surface area contributed by atoms with Gasteiger partial charge in [0.05, 0.1) is 10.7 Å². The fourth-order valence-corrected chi connectivity index (χ4v) is 4.56. The summed E-state index contributed by atoms with van der Waals surface area (Å²) in [6, 6.07) is 2.67. The van der Waals surface area contributed by atoms with Crippen LogP contribution in [0.1, 0.15) is 12.8 Å². The fraction of sp³-hybridized carbons (Fsp3) is 0.500. The number of halogens is 2. The number of sulfonamides is 1. The van der Waals surface area contributed by atoms with E-state index in [-0.39, 0.29) is 21.6 Å². The minimum Gasteiger partial charge on any atom is -0.398 e. The molecule has 0 atom stereocenters. The van der Waals surface area contributed by atoms with Crippen LogP contribution in [-0.4, -0.2) is 39.5 Å². The molecule has 1 aliphatic heterocycles. The van der Waals surface area contributed by atoms with Gasteiger partial charge in [-0.2, -0.15) is 0 Å². The van der Waals surface area contributed by atoms with Crippen LogP contribution >= 0.6 is 23.2 Å². The van der Waals surface area contributed by atoms with Gasteiger partial charge in [0, 0.05) is 11.1 Å². The van der Waals surface area contributed by atoms with Crippen LogP contribution in [0.15, 0.2) is 17.0 Å². The van der Waals surface area contributed by atoms with Crippen LogP contribution in [0.5, 0.6) is 0 Å². The second kappa shape index (κ2) is 6.07. The van der Waals surface area contributed by atoms with Crippen LogP contribution in [0.3, 0.4) is 0 Å². The predicted molar refractivity (Wildman–Crippen MR) is 81.7 cm³/mol. The standard InChI is InChI=1S/C12H17Cl2N3O2S/c1-17-4-2-9(3-5-17)16-20(18,19)12-10(14)6-8(13)7-11(12)15/h6-7,9,16H,2-5,15H2,1H3. The van der Waals surface area contributed by atoms with Crippen molar-refractivity contribution < 1.29 is 8.42 Å². The second-order valence-corrected chi connectivity index (χ2v) is 7.50. The lowest BCUT2D eigenvalue weighted by Gasteiger charge is -2.29. The Kier molecular flexibility index (Phi) is 4.81. The number of rotatable bonds is 3. The summed E-state index contributed by atoms with van der Waals surface area (Å²) in [5.74, 6) is 0. The zero-order chi connectivity index (χ0) is 14.9. The van der Waals surface area contributed by atoms with Gasteiger partial charge in [-0.05, 0) is 45.1 Å². The summed E-state index contributed by atoms with van der Waals surface area (Å²) in [5, 5.41) is 0.348. The van der Waals surface area contributed by atoms with Crippen molar-refractivity contribution in [1.82, 2.24) is 9.62 Å². The van der Waals surface area contributed by atoms with Gasteiger partial charge in [-0.3, -0.25) is 0 Å². The minimum atomic E-state index is -3.74. The minimum absolute atomic E-state index is 0.0374. The van der Waals surface area contributed by atoms with Crippen molar-refractivity contribution in [3.05, 3.63) is 22.2 Å². The summed E-state index contributed by atoms with van der Waals surface area (Å²) >= 11 is 11.8. The van der Waals surface area contributed by atoms with Gasteiger partial charge < -0.3 is 10.6 Å². The SMILES string of the molecule is CN1CCC(NS(=O)(=O)c2c(N)cc(Cl)cc2Cl)CC1. The van der Waals surface area contributed by atoms with Gasteiger partial charge in [-0.1, -0.05) is 23.2 Å². The lowest BCUT2D eigenvalue weighted by atomic mass is 10.1. The number of nitrogens with two attached hydrogens (primary N) is 1. The first-order valence-electron chi connectivity index (χ1n) is 6.25. The molecule has 0 aromatic heterocycles. The molecule has 8 heteroatoms. The van der Waals surface area contributed by atoms with Crippen LogP contribution in [0.2, 0.25) is 10.0 Å². The van der Waals surface area contributed by atoms with E-state index in [1.54, 1.807) is 0 Å². The molecule has 0 unspecified atom stereocenters. The first kappa shape index (κ1) is 15.9. The normalized spacial score (nSPS) is 18.4. The van der Waals surface area contributed by atoms with Gasteiger partial charge in [0.25, 0.3) is 0 Å². The molecule has 3 N–H and O–H groups in total. The molecule has 0 bridgehead atoms. The predicted octanol–water partition coefficient (Wildman–Crippen LogP) is 1.95. The number of benzene rings is 1. The Morgan fingerprint density at radius 3 is 2.45 bits per heavy atom.